The molecule has 0 aliphatic carbocycles. The zero-order chi connectivity index (χ0) is 16.9. The van der Waals surface area contributed by atoms with Crippen molar-refractivity contribution in [1.29, 1.82) is 0 Å². The normalized spacial score (nSPS) is 12.0. The monoisotopic (exact) mass is 326 g/mol. The van der Waals surface area contributed by atoms with Gasteiger partial charge in [-0.15, -0.1) is 0 Å². The molecule has 0 bridgehead atoms. The minimum Gasteiger partial charge on any atom is -0.386 e. The molecule has 3 rings (SSSR count). The van der Waals surface area contributed by atoms with Crippen LogP contribution in [0.4, 0.5) is 14.5 Å². The molecule has 1 aromatic heterocycles. The summed E-state index contributed by atoms with van der Waals surface area (Å²) in [6.45, 7) is 0.0663. The third-order valence-electron chi connectivity index (χ3n) is 3.67. The molecule has 1 unspecified atom stereocenters. The van der Waals surface area contributed by atoms with Gasteiger partial charge < -0.3 is 10.4 Å². The maximum Gasteiger partial charge on any atom is 0.129 e. The Labute approximate surface area is 138 Å². The Morgan fingerprint density at radius 2 is 1.83 bits per heavy atom. The van der Waals surface area contributed by atoms with Crippen molar-refractivity contribution in [2.45, 2.75) is 6.10 Å². The van der Waals surface area contributed by atoms with Crippen LogP contribution in [0.5, 0.6) is 0 Å². The molecule has 1 atom stereocenters. The van der Waals surface area contributed by atoms with Crippen molar-refractivity contribution in [2.24, 2.45) is 0 Å². The molecule has 2 N–H and O–H groups in total. The molecule has 2 aromatic carbocycles. The highest BCUT2D eigenvalue weighted by atomic mass is 19.1. The molecule has 0 spiro atoms. The third kappa shape index (κ3) is 3.75. The van der Waals surface area contributed by atoms with Crippen molar-refractivity contribution < 1.29 is 13.9 Å². The number of anilines is 1. The lowest BCUT2D eigenvalue weighted by molar-refractivity contribution is 0.186. The number of rotatable bonds is 5. The third-order valence-corrected chi connectivity index (χ3v) is 3.67. The van der Waals surface area contributed by atoms with Crippen LogP contribution in [-0.2, 0) is 0 Å². The molecule has 0 saturated carbocycles. The molecule has 0 saturated heterocycles. The van der Waals surface area contributed by atoms with Crippen molar-refractivity contribution >= 4 is 5.69 Å². The van der Waals surface area contributed by atoms with Gasteiger partial charge in [0.2, 0.25) is 0 Å². The van der Waals surface area contributed by atoms with Crippen LogP contribution in [0.2, 0.25) is 0 Å². The van der Waals surface area contributed by atoms with E-state index in [1.807, 2.05) is 36.4 Å². The van der Waals surface area contributed by atoms with Gasteiger partial charge >= 0.3 is 0 Å². The van der Waals surface area contributed by atoms with Gasteiger partial charge in [0.1, 0.15) is 11.6 Å². The van der Waals surface area contributed by atoms with Gasteiger partial charge in [-0.1, -0.05) is 18.2 Å². The molecule has 3 nitrogen and oxygen atoms in total. The Kier molecular flexibility index (Phi) is 4.82. The SMILES string of the molecule is OC(CNc1cccc(-c2cccnc2)c1)c1cc(F)ccc1F. The van der Waals surface area contributed by atoms with E-state index in [0.717, 1.165) is 35.0 Å². The van der Waals surface area contributed by atoms with Gasteiger partial charge in [0.25, 0.3) is 0 Å². The van der Waals surface area contributed by atoms with Crippen LogP contribution < -0.4 is 5.32 Å². The molecule has 0 aliphatic heterocycles. The van der Waals surface area contributed by atoms with E-state index >= 15 is 0 Å². The van der Waals surface area contributed by atoms with E-state index in [9.17, 15) is 13.9 Å². The number of halogens is 2. The lowest BCUT2D eigenvalue weighted by atomic mass is 10.1. The highest BCUT2D eigenvalue weighted by Gasteiger charge is 2.13. The predicted molar refractivity (Wildman–Crippen MR) is 89.5 cm³/mol. The van der Waals surface area contributed by atoms with Crippen molar-refractivity contribution in [2.75, 3.05) is 11.9 Å². The summed E-state index contributed by atoms with van der Waals surface area (Å²) < 4.78 is 26.9. The van der Waals surface area contributed by atoms with E-state index in [0.29, 0.717) is 0 Å². The van der Waals surface area contributed by atoms with Gasteiger partial charge in [0.05, 0.1) is 6.10 Å². The van der Waals surface area contributed by atoms with Crippen molar-refractivity contribution in [3.05, 3.63) is 84.2 Å². The minimum absolute atomic E-state index is 0.0640. The van der Waals surface area contributed by atoms with Gasteiger partial charge in [-0.3, -0.25) is 4.98 Å². The molecule has 122 valence electrons. The first-order valence-corrected chi connectivity index (χ1v) is 7.51. The Morgan fingerprint density at radius 1 is 1.00 bits per heavy atom. The second kappa shape index (κ2) is 7.19. The molecule has 24 heavy (non-hydrogen) atoms. The van der Waals surface area contributed by atoms with Crippen LogP contribution >= 0.6 is 0 Å². The van der Waals surface area contributed by atoms with Crippen molar-refractivity contribution in [1.82, 2.24) is 4.98 Å². The first kappa shape index (κ1) is 16.1. The van der Waals surface area contributed by atoms with E-state index in [4.69, 9.17) is 0 Å². The predicted octanol–water partition coefficient (Wildman–Crippen LogP) is 4.17. The Balaban J connectivity index is 1.72. The molecule has 0 radical (unpaired) electrons. The molecular weight excluding hydrogens is 310 g/mol. The first-order chi connectivity index (χ1) is 11.6. The highest BCUT2D eigenvalue weighted by Crippen LogP contribution is 2.23. The quantitative estimate of drug-likeness (QED) is 0.739. The Hall–Kier alpha value is -2.79. The Bertz CT molecular complexity index is 825. The van der Waals surface area contributed by atoms with Crippen molar-refractivity contribution in [3.63, 3.8) is 0 Å². The number of benzene rings is 2. The van der Waals surface area contributed by atoms with Crippen LogP contribution in [0.25, 0.3) is 11.1 Å². The first-order valence-electron chi connectivity index (χ1n) is 7.51. The number of hydrogen-bond donors (Lipinski definition) is 2. The second-order valence-electron chi connectivity index (χ2n) is 5.39. The fourth-order valence-electron chi connectivity index (χ4n) is 2.44. The molecular formula is C19H16F2N2O. The summed E-state index contributed by atoms with van der Waals surface area (Å²) in [5.74, 6) is -1.21. The number of aliphatic hydroxyl groups is 1. The zero-order valence-electron chi connectivity index (χ0n) is 12.8. The van der Waals surface area contributed by atoms with E-state index in [1.165, 1.54) is 0 Å². The lowest BCUT2D eigenvalue weighted by Crippen LogP contribution is -2.13. The average Bonchev–Trinajstić information content (AvgIpc) is 2.63. The van der Waals surface area contributed by atoms with Gasteiger partial charge in [-0.2, -0.15) is 0 Å². The molecule has 3 aromatic rings. The van der Waals surface area contributed by atoms with Crippen LogP contribution in [0.1, 0.15) is 11.7 Å². The number of aliphatic hydroxyl groups excluding tert-OH is 1. The molecule has 0 aliphatic rings. The van der Waals surface area contributed by atoms with Crippen LogP contribution in [0, 0.1) is 11.6 Å². The smallest absolute Gasteiger partial charge is 0.129 e. The number of hydrogen-bond acceptors (Lipinski definition) is 3. The zero-order valence-corrected chi connectivity index (χ0v) is 12.8. The van der Waals surface area contributed by atoms with Crippen LogP contribution in [-0.4, -0.2) is 16.6 Å². The molecule has 5 heteroatoms. The summed E-state index contributed by atoms with van der Waals surface area (Å²) in [5.41, 5.74) is 2.65. The van der Waals surface area contributed by atoms with E-state index in [1.54, 1.807) is 12.4 Å². The number of nitrogens with one attached hydrogen (secondary N) is 1. The molecule has 0 amide bonds. The average molecular weight is 326 g/mol. The van der Waals surface area contributed by atoms with Crippen LogP contribution in [0.15, 0.2) is 67.0 Å². The summed E-state index contributed by atoms with van der Waals surface area (Å²) in [6, 6.07) is 14.4. The summed E-state index contributed by atoms with van der Waals surface area (Å²) >= 11 is 0. The van der Waals surface area contributed by atoms with Gasteiger partial charge in [-0.05, 0) is 42.0 Å². The highest BCUT2D eigenvalue weighted by molar-refractivity contribution is 5.67. The number of aromatic nitrogens is 1. The van der Waals surface area contributed by atoms with Crippen molar-refractivity contribution in [3.8, 4) is 11.1 Å². The molecule has 0 fully saturated rings. The molecule has 1 heterocycles. The van der Waals surface area contributed by atoms with E-state index in [2.05, 4.69) is 10.3 Å². The summed E-state index contributed by atoms with van der Waals surface area (Å²) in [7, 11) is 0. The maximum absolute atomic E-state index is 13.7. The van der Waals surface area contributed by atoms with E-state index in [-0.39, 0.29) is 12.1 Å². The van der Waals surface area contributed by atoms with E-state index < -0.39 is 17.7 Å². The summed E-state index contributed by atoms with van der Waals surface area (Å²) in [6.07, 6.45) is 2.31. The van der Waals surface area contributed by atoms with Gasteiger partial charge in [-0.25, -0.2) is 8.78 Å². The number of pyridine rings is 1. The van der Waals surface area contributed by atoms with Crippen LogP contribution in [0.3, 0.4) is 0 Å². The fraction of sp³-hybridized carbons (Fsp3) is 0.105. The topological polar surface area (TPSA) is 45.1 Å². The van der Waals surface area contributed by atoms with Gasteiger partial charge in [0, 0.05) is 35.8 Å². The maximum atomic E-state index is 13.7. The summed E-state index contributed by atoms with van der Waals surface area (Å²) in [5, 5.41) is 13.1. The lowest BCUT2D eigenvalue weighted by Gasteiger charge is -2.14. The largest absolute Gasteiger partial charge is 0.386 e. The van der Waals surface area contributed by atoms with Gasteiger partial charge in [0.15, 0.2) is 0 Å². The second-order valence-corrected chi connectivity index (χ2v) is 5.39. The Morgan fingerprint density at radius 3 is 2.62 bits per heavy atom. The summed E-state index contributed by atoms with van der Waals surface area (Å²) in [4.78, 5) is 4.08. The standard InChI is InChI=1S/C19H16F2N2O/c20-15-6-7-18(21)17(10-15)19(24)12-23-16-5-1-3-13(9-16)14-4-2-8-22-11-14/h1-11,19,23-24H,12H2. The fourth-order valence-corrected chi connectivity index (χ4v) is 2.44. The minimum atomic E-state index is -1.15. The number of nitrogens with zero attached hydrogens (tertiary/aromatic N) is 1.